The van der Waals surface area contributed by atoms with E-state index in [0.29, 0.717) is 5.56 Å². The van der Waals surface area contributed by atoms with Gasteiger partial charge in [-0.05, 0) is 38.2 Å². The minimum Gasteiger partial charge on any atom is -0.273 e. The van der Waals surface area contributed by atoms with Crippen molar-refractivity contribution in [3.8, 4) is 0 Å². The lowest BCUT2D eigenvalue weighted by atomic mass is 10.2. The maximum atomic E-state index is 11.6. The summed E-state index contributed by atoms with van der Waals surface area (Å²) in [6, 6.07) is 8.84. The molecule has 0 aromatic heterocycles. The van der Waals surface area contributed by atoms with E-state index < -0.39 is 0 Å². The number of thiocarbonyl (C=S) groups is 1. The highest BCUT2D eigenvalue weighted by atomic mass is 32.1. The first-order valence-electron chi connectivity index (χ1n) is 5.02. The molecule has 0 saturated heterocycles. The van der Waals surface area contributed by atoms with Gasteiger partial charge in [-0.3, -0.25) is 21.1 Å². The number of nitrogens with one attached hydrogen (secondary N) is 3. The van der Waals surface area contributed by atoms with E-state index in [9.17, 15) is 4.79 Å². The van der Waals surface area contributed by atoms with Crippen molar-refractivity contribution in [3.05, 3.63) is 35.9 Å². The number of carbonyl (C=O) groups is 1. The van der Waals surface area contributed by atoms with Crippen molar-refractivity contribution in [2.75, 3.05) is 0 Å². The topological polar surface area (TPSA) is 65.5 Å². The van der Waals surface area contributed by atoms with Gasteiger partial charge in [0.25, 0.3) is 5.91 Å². The largest absolute Gasteiger partial charge is 0.273 e. The van der Waals surface area contributed by atoms with E-state index in [0.717, 1.165) is 5.71 Å². The maximum absolute atomic E-state index is 11.6. The highest BCUT2D eigenvalue weighted by Crippen LogP contribution is 1.96. The first kappa shape index (κ1) is 13.1. The molecule has 6 heteroatoms. The minimum atomic E-state index is -0.257. The van der Waals surface area contributed by atoms with Crippen molar-refractivity contribution in [3.63, 3.8) is 0 Å². The van der Waals surface area contributed by atoms with Gasteiger partial charge in [0.15, 0.2) is 0 Å². The van der Waals surface area contributed by atoms with Gasteiger partial charge in [-0.25, -0.2) is 0 Å². The van der Waals surface area contributed by atoms with E-state index in [-0.39, 0.29) is 11.0 Å². The summed E-state index contributed by atoms with van der Waals surface area (Å²) in [6.45, 7) is 3.66. The Morgan fingerprint density at radius 2 is 1.82 bits per heavy atom. The summed E-state index contributed by atoms with van der Waals surface area (Å²) in [7, 11) is 0. The molecule has 0 fully saturated rings. The van der Waals surface area contributed by atoms with Crippen molar-refractivity contribution in [2.24, 2.45) is 5.10 Å². The first-order chi connectivity index (χ1) is 8.09. The van der Waals surface area contributed by atoms with Crippen LogP contribution in [0.5, 0.6) is 0 Å². The highest BCUT2D eigenvalue weighted by molar-refractivity contribution is 7.80. The summed E-state index contributed by atoms with van der Waals surface area (Å²) in [5.41, 5.74) is 8.98. The summed E-state index contributed by atoms with van der Waals surface area (Å²) in [4.78, 5) is 11.6. The molecule has 90 valence electrons. The Morgan fingerprint density at radius 3 is 2.41 bits per heavy atom. The molecule has 3 N–H and O–H groups in total. The standard InChI is InChI=1S/C11H14N4OS/c1-8(2)12-14-11(17)15-13-10(16)9-6-4-3-5-7-9/h3-7H,1-2H3,(H,13,16)(H2,14,15,17). The molecule has 17 heavy (non-hydrogen) atoms. The molecule has 1 aromatic rings. The van der Waals surface area contributed by atoms with Crippen LogP contribution in [0.2, 0.25) is 0 Å². The van der Waals surface area contributed by atoms with Gasteiger partial charge in [0.1, 0.15) is 0 Å². The van der Waals surface area contributed by atoms with Crippen molar-refractivity contribution < 1.29 is 4.79 Å². The Bertz CT molecular complexity index is 426. The number of amides is 1. The van der Waals surface area contributed by atoms with Crippen LogP contribution in [0.15, 0.2) is 35.4 Å². The predicted octanol–water partition coefficient (Wildman–Crippen LogP) is 1.19. The number of hydrazine groups is 1. The van der Waals surface area contributed by atoms with E-state index in [1.54, 1.807) is 24.3 Å². The van der Waals surface area contributed by atoms with Gasteiger partial charge in [0.2, 0.25) is 5.11 Å². The molecule has 0 unspecified atom stereocenters. The molecule has 0 atom stereocenters. The second-order valence-corrected chi connectivity index (χ2v) is 3.85. The number of hydrazone groups is 1. The Balaban J connectivity index is 2.39. The lowest BCUT2D eigenvalue weighted by molar-refractivity contribution is 0.0943. The van der Waals surface area contributed by atoms with Crippen molar-refractivity contribution in [1.82, 2.24) is 16.3 Å². The number of nitrogens with zero attached hydrogens (tertiary/aromatic N) is 1. The molecule has 0 saturated carbocycles. The fraction of sp³-hybridized carbons (Fsp3) is 0.182. The van der Waals surface area contributed by atoms with Gasteiger partial charge in [-0.1, -0.05) is 18.2 Å². The van der Waals surface area contributed by atoms with E-state index in [2.05, 4.69) is 21.4 Å². The SMILES string of the molecule is CC(C)=NNC(=S)NNC(=O)c1ccccc1. The number of carbonyl (C=O) groups excluding carboxylic acids is 1. The van der Waals surface area contributed by atoms with Gasteiger partial charge in [-0.15, -0.1) is 0 Å². The third-order valence-electron chi connectivity index (χ3n) is 1.71. The molecule has 0 radical (unpaired) electrons. The van der Waals surface area contributed by atoms with Crippen molar-refractivity contribution in [2.45, 2.75) is 13.8 Å². The monoisotopic (exact) mass is 250 g/mol. The van der Waals surface area contributed by atoms with E-state index in [4.69, 9.17) is 12.2 Å². The van der Waals surface area contributed by atoms with E-state index in [1.807, 2.05) is 19.9 Å². The van der Waals surface area contributed by atoms with Gasteiger partial charge in [-0.2, -0.15) is 5.10 Å². The number of hydrogen-bond donors (Lipinski definition) is 3. The second-order valence-electron chi connectivity index (χ2n) is 3.45. The summed E-state index contributed by atoms with van der Waals surface area (Å²) in [6.07, 6.45) is 0. The molecule has 1 aromatic carbocycles. The zero-order valence-electron chi connectivity index (χ0n) is 9.65. The van der Waals surface area contributed by atoms with Crippen molar-refractivity contribution in [1.29, 1.82) is 0 Å². The third kappa shape index (κ3) is 5.07. The average molecular weight is 250 g/mol. The molecular formula is C11H14N4OS. The van der Waals surface area contributed by atoms with Crippen LogP contribution in [0, 0.1) is 0 Å². The molecule has 5 nitrogen and oxygen atoms in total. The third-order valence-corrected chi connectivity index (χ3v) is 1.90. The second kappa shape index (κ2) is 6.59. The molecule has 0 aliphatic rings. The molecule has 0 aliphatic heterocycles. The van der Waals surface area contributed by atoms with Crippen LogP contribution in [0.3, 0.4) is 0 Å². The normalized spacial score (nSPS) is 9.06. The predicted molar refractivity (Wildman–Crippen MR) is 71.6 cm³/mol. The number of rotatable bonds is 2. The van der Waals surface area contributed by atoms with Gasteiger partial charge < -0.3 is 0 Å². The number of benzene rings is 1. The summed E-state index contributed by atoms with van der Waals surface area (Å²) in [5.74, 6) is -0.257. The molecule has 0 heterocycles. The summed E-state index contributed by atoms with van der Waals surface area (Å²) in [5, 5.41) is 4.12. The Hall–Kier alpha value is -1.95. The average Bonchev–Trinajstić information content (AvgIpc) is 2.34. The smallest absolute Gasteiger partial charge is 0.269 e. The Labute approximate surface area is 105 Å². The van der Waals surface area contributed by atoms with Crippen LogP contribution in [0.1, 0.15) is 24.2 Å². The van der Waals surface area contributed by atoms with Crippen molar-refractivity contribution >= 4 is 28.9 Å². The van der Waals surface area contributed by atoms with Gasteiger partial charge >= 0.3 is 0 Å². The molecule has 0 spiro atoms. The summed E-state index contributed by atoms with van der Waals surface area (Å²) < 4.78 is 0. The zero-order chi connectivity index (χ0) is 12.7. The molecule has 0 bridgehead atoms. The van der Waals surface area contributed by atoms with E-state index in [1.165, 1.54) is 0 Å². The maximum Gasteiger partial charge on any atom is 0.269 e. The van der Waals surface area contributed by atoms with Crippen LogP contribution in [-0.2, 0) is 0 Å². The fourth-order valence-electron chi connectivity index (χ4n) is 0.966. The minimum absolute atomic E-state index is 0.232. The fourth-order valence-corrected chi connectivity index (χ4v) is 1.06. The van der Waals surface area contributed by atoms with Crippen LogP contribution >= 0.6 is 12.2 Å². The molecule has 1 amide bonds. The zero-order valence-corrected chi connectivity index (χ0v) is 10.5. The molecule has 0 aliphatic carbocycles. The Morgan fingerprint density at radius 1 is 1.18 bits per heavy atom. The first-order valence-corrected chi connectivity index (χ1v) is 5.42. The summed E-state index contributed by atoms with van der Waals surface area (Å²) >= 11 is 4.90. The van der Waals surface area contributed by atoms with Crippen LogP contribution in [-0.4, -0.2) is 16.7 Å². The lowest BCUT2D eigenvalue weighted by Crippen LogP contribution is -2.45. The highest BCUT2D eigenvalue weighted by Gasteiger charge is 2.03. The van der Waals surface area contributed by atoms with Gasteiger partial charge in [0.05, 0.1) is 0 Å². The molecular weight excluding hydrogens is 236 g/mol. The Kier molecular flexibility index (Phi) is 5.09. The number of hydrogen-bond acceptors (Lipinski definition) is 3. The lowest BCUT2D eigenvalue weighted by Gasteiger charge is -2.08. The quantitative estimate of drug-likeness (QED) is 0.419. The van der Waals surface area contributed by atoms with Gasteiger partial charge in [0, 0.05) is 11.3 Å². The van der Waals surface area contributed by atoms with Crippen LogP contribution in [0.4, 0.5) is 0 Å². The van der Waals surface area contributed by atoms with Crippen LogP contribution < -0.4 is 16.3 Å². The van der Waals surface area contributed by atoms with Crippen LogP contribution in [0.25, 0.3) is 0 Å². The molecule has 1 rings (SSSR count). The van der Waals surface area contributed by atoms with E-state index >= 15 is 0 Å².